The summed E-state index contributed by atoms with van der Waals surface area (Å²) in [5.41, 5.74) is 2.23. The number of carbonyl (C=O) groups excluding carboxylic acids is 1. The van der Waals surface area contributed by atoms with Crippen LogP contribution in [-0.2, 0) is 0 Å². The first-order valence-corrected chi connectivity index (χ1v) is 8.18. The Morgan fingerprint density at radius 1 is 1.15 bits per heavy atom. The SMILES string of the molecule is O=C(c1cccc(Cl)c1)N1N[C@@H](C(F)(F)F)[C@H]([N+](=O)[O-])[C@@H]1c1ccccc1. The minimum absolute atomic E-state index is 0.0147. The highest BCUT2D eigenvalue weighted by Crippen LogP contribution is 2.39. The Kier molecular flexibility index (Phi) is 5.07. The Labute approximate surface area is 156 Å². The van der Waals surface area contributed by atoms with Crippen molar-refractivity contribution in [1.29, 1.82) is 0 Å². The molecule has 3 atom stereocenters. The van der Waals surface area contributed by atoms with Crippen molar-refractivity contribution in [3.8, 4) is 0 Å². The van der Waals surface area contributed by atoms with Crippen molar-refractivity contribution < 1.29 is 22.9 Å². The Morgan fingerprint density at radius 3 is 2.37 bits per heavy atom. The van der Waals surface area contributed by atoms with Crippen LogP contribution in [0.2, 0.25) is 5.02 Å². The number of alkyl halides is 3. The van der Waals surface area contributed by atoms with Gasteiger partial charge >= 0.3 is 6.18 Å². The Balaban J connectivity index is 2.09. The highest BCUT2D eigenvalue weighted by molar-refractivity contribution is 6.30. The molecule has 0 aromatic heterocycles. The van der Waals surface area contributed by atoms with Crippen LogP contribution in [0, 0.1) is 10.1 Å². The van der Waals surface area contributed by atoms with Gasteiger partial charge in [0.25, 0.3) is 11.9 Å². The topological polar surface area (TPSA) is 75.5 Å². The maximum atomic E-state index is 13.4. The molecule has 2 aromatic carbocycles. The number of rotatable bonds is 3. The molecule has 6 nitrogen and oxygen atoms in total. The molecule has 2 aromatic rings. The highest BCUT2D eigenvalue weighted by Gasteiger charge is 2.62. The van der Waals surface area contributed by atoms with E-state index in [9.17, 15) is 28.1 Å². The number of nitrogens with one attached hydrogen (secondary N) is 1. The van der Waals surface area contributed by atoms with Gasteiger partial charge in [-0.05, 0) is 23.8 Å². The summed E-state index contributed by atoms with van der Waals surface area (Å²) < 4.78 is 40.3. The second kappa shape index (κ2) is 7.16. The van der Waals surface area contributed by atoms with Crippen LogP contribution < -0.4 is 5.43 Å². The summed E-state index contributed by atoms with van der Waals surface area (Å²) in [4.78, 5) is 23.3. The number of hydrazine groups is 1. The fourth-order valence-corrected chi connectivity index (χ4v) is 3.28. The van der Waals surface area contributed by atoms with E-state index in [2.05, 4.69) is 0 Å². The largest absolute Gasteiger partial charge is 0.412 e. The number of carbonyl (C=O) groups is 1. The molecular formula is C17H13ClF3N3O3. The van der Waals surface area contributed by atoms with E-state index in [1.54, 1.807) is 6.07 Å². The van der Waals surface area contributed by atoms with E-state index in [1.807, 2.05) is 5.43 Å². The highest BCUT2D eigenvalue weighted by atomic mass is 35.5. The zero-order chi connectivity index (χ0) is 19.8. The molecule has 1 heterocycles. The molecule has 1 amide bonds. The summed E-state index contributed by atoms with van der Waals surface area (Å²) in [7, 11) is 0. The fraction of sp³-hybridized carbons (Fsp3) is 0.235. The molecule has 0 unspecified atom stereocenters. The second-order valence-electron chi connectivity index (χ2n) is 5.97. The molecule has 1 fully saturated rings. The van der Waals surface area contributed by atoms with Gasteiger partial charge in [0.2, 0.25) is 0 Å². The van der Waals surface area contributed by atoms with E-state index in [0.29, 0.717) is 5.01 Å². The van der Waals surface area contributed by atoms with Crippen molar-refractivity contribution in [1.82, 2.24) is 10.4 Å². The van der Waals surface area contributed by atoms with E-state index in [4.69, 9.17) is 11.6 Å². The number of nitrogens with zero attached hydrogens (tertiary/aromatic N) is 2. The van der Waals surface area contributed by atoms with Crippen molar-refractivity contribution in [2.45, 2.75) is 24.3 Å². The van der Waals surface area contributed by atoms with Crippen LogP contribution in [0.3, 0.4) is 0 Å². The Hall–Kier alpha value is -2.65. The molecule has 1 saturated heterocycles. The van der Waals surface area contributed by atoms with Gasteiger partial charge in [-0.2, -0.15) is 13.2 Å². The van der Waals surface area contributed by atoms with Gasteiger partial charge in [-0.15, -0.1) is 0 Å². The quantitative estimate of drug-likeness (QED) is 0.632. The van der Waals surface area contributed by atoms with Crippen LogP contribution in [-0.4, -0.2) is 34.1 Å². The third kappa shape index (κ3) is 3.74. The minimum atomic E-state index is -4.92. The molecule has 0 spiro atoms. The van der Waals surface area contributed by atoms with E-state index in [1.165, 1.54) is 48.5 Å². The van der Waals surface area contributed by atoms with Gasteiger partial charge in [-0.25, -0.2) is 5.43 Å². The molecule has 0 radical (unpaired) electrons. The van der Waals surface area contributed by atoms with Gasteiger partial charge in [0.1, 0.15) is 6.04 Å². The van der Waals surface area contributed by atoms with Crippen molar-refractivity contribution in [3.05, 3.63) is 80.9 Å². The summed E-state index contributed by atoms with van der Waals surface area (Å²) in [5.74, 6) is -0.843. The van der Waals surface area contributed by atoms with Crippen molar-refractivity contribution in [2.75, 3.05) is 0 Å². The lowest BCUT2D eigenvalue weighted by Crippen LogP contribution is -2.49. The summed E-state index contributed by atoms with van der Waals surface area (Å²) in [5, 5.41) is 12.4. The van der Waals surface area contributed by atoms with Crippen molar-refractivity contribution in [2.24, 2.45) is 0 Å². The van der Waals surface area contributed by atoms with E-state index in [-0.39, 0.29) is 16.1 Å². The first-order chi connectivity index (χ1) is 12.7. The number of hydrogen-bond acceptors (Lipinski definition) is 4. The van der Waals surface area contributed by atoms with Crippen LogP contribution in [0.4, 0.5) is 13.2 Å². The summed E-state index contributed by atoms with van der Waals surface area (Å²) in [6.45, 7) is 0. The van der Waals surface area contributed by atoms with Crippen LogP contribution in [0.1, 0.15) is 22.0 Å². The predicted molar refractivity (Wildman–Crippen MR) is 90.6 cm³/mol. The number of hydrogen-bond donors (Lipinski definition) is 1. The standard InChI is InChI=1S/C17H13ClF3N3O3/c18-12-8-4-7-11(9-12)16(25)23-13(10-5-2-1-3-6-10)14(24(26)27)15(22-23)17(19,20)21/h1-9,13-15,22H/t13-,14+,15+/m0/s1. The molecule has 3 rings (SSSR count). The van der Waals surface area contributed by atoms with Gasteiger partial charge in [0, 0.05) is 15.5 Å². The number of nitro groups is 1. The summed E-state index contributed by atoms with van der Waals surface area (Å²) in [6.07, 6.45) is -4.92. The van der Waals surface area contributed by atoms with Crippen LogP contribution >= 0.6 is 11.6 Å². The smallest absolute Gasteiger partial charge is 0.268 e. The number of benzene rings is 2. The predicted octanol–water partition coefficient (Wildman–Crippen LogP) is 3.62. The molecule has 0 aliphatic carbocycles. The number of amides is 1. The lowest BCUT2D eigenvalue weighted by Gasteiger charge is -2.24. The monoisotopic (exact) mass is 399 g/mol. The maximum absolute atomic E-state index is 13.4. The Bertz CT molecular complexity index is 863. The molecule has 27 heavy (non-hydrogen) atoms. The average Bonchev–Trinajstić information content (AvgIpc) is 3.03. The lowest BCUT2D eigenvalue weighted by molar-refractivity contribution is -0.534. The first-order valence-electron chi connectivity index (χ1n) is 7.80. The van der Waals surface area contributed by atoms with Crippen LogP contribution in [0.25, 0.3) is 0 Å². The fourth-order valence-electron chi connectivity index (χ4n) is 3.09. The lowest BCUT2D eigenvalue weighted by atomic mass is 9.95. The minimum Gasteiger partial charge on any atom is -0.268 e. The van der Waals surface area contributed by atoms with Crippen molar-refractivity contribution in [3.63, 3.8) is 0 Å². The van der Waals surface area contributed by atoms with Gasteiger partial charge < -0.3 is 0 Å². The van der Waals surface area contributed by atoms with Crippen molar-refractivity contribution >= 4 is 17.5 Å². The number of halogens is 4. The molecule has 0 bridgehead atoms. The van der Waals surface area contributed by atoms with Gasteiger partial charge in [-0.1, -0.05) is 48.0 Å². The maximum Gasteiger partial charge on any atom is 0.412 e. The third-order valence-corrected chi connectivity index (χ3v) is 4.48. The van der Waals surface area contributed by atoms with Crippen LogP contribution in [0.15, 0.2) is 54.6 Å². The molecular weight excluding hydrogens is 387 g/mol. The third-order valence-electron chi connectivity index (χ3n) is 4.25. The Morgan fingerprint density at radius 2 is 1.81 bits per heavy atom. The van der Waals surface area contributed by atoms with Crippen LogP contribution in [0.5, 0.6) is 0 Å². The van der Waals surface area contributed by atoms with E-state index < -0.39 is 35.1 Å². The normalized spacial score (nSPS) is 22.7. The summed E-state index contributed by atoms with van der Waals surface area (Å²) >= 11 is 5.85. The zero-order valence-electron chi connectivity index (χ0n) is 13.6. The molecule has 1 aliphatic heterocycles. The molecule has 1 N–H and O–H groups in total. The second-order valence-corrected chi connectivity index (χ2v) is 6.40. The van der Waals surface area contributed by atoms with E-state index >= 15 is 0 Å². The molecule has 0 saturated carbocycles. The first kappa shape index (κ1) is 19.1. The summed E-state index contributed by atoms with van der Waals surface area (Å²) in [6, 6.07) is 7.16. The van der Waals surface area contributed by atoms with E-state index in [0.717, 1.165) is 0 Å². The molecule has 10 heteroatoms. The van der Waals surface area contributed by atoms with Gasteiger partial charge in [0.15, 0.2) is 6.04 Å². The molecule has 142 valence electrons. The molecule has 1 aliphatic rings. The van der Waals surface area contributed by atoms with Gasteiger partial charge in [0.05, 0.1) is 0 Å². The zero-order valence-corrected chi connectivity index (χ0v) is 14.3. The van der Waals surface area contributed by atoms with Gasteiger partial charge in [-0.3, -0.25) is 19.9 Å². The average molecular weight is 400 g/mol.